The number of carbonyl (C=O) groups is 2. The zero-order chi connectivity index (χ0) is 16.7. The van der Waals surface area contributed by atoms with E-state index in [1.54, 1.807) is 6.07 Å². The molecule has 2 fully saturated rings. The van der Waals surface area contributed by atoms with Crippen LogP contribution in [0.5, 0.6) is 0 Å². The standard InChI is InChI=1S/C18H23N3O2S/c19-13-6-10-2-1-3-11(7-13)17(10)21-18(23)12-4-5-15-14(8-12)20-16(22)9-24-15/h4-5,8,10-11,13,17H,1-3,6-7,9,19H2,(H,20,22)(H,21,23). The maximum atomic E-state index is 12.7. The molecule has 0 saturated heterocycles. The Bertz CT molecular complexity index is 664. The number of benzene rings is 1. The average Bonchev–Trinajstić information content (AvgIpc) is 2.55. The van der Waals surface area contributed by atoms with Crippen LogP contribution in [0, 0.1) is 11.8 Å². The molecular formula is C18H23N3O2S. The number of fused-ring (bicyclic) bond motifs is 3. The molecular weight excluding hydrogens is 322 g/mol. The predicted molar refractivity (Wildman–Crippen MR) is 95.1 cm³/mol. The lowest BCUT2D eigenvalue weighted by Crippen LogP contribution is -2.53. The molecule has 2 atom stereocenters. The molecule has 2 bridgehead atoms. The normalized spacial score (nSPS) is 31.8. The second-order valence-corrected chi connectivity index (χ2v) is 8.25. The third-order valence-corrected chi connectivity index (χ3v) is 6.62. The van der Waals surface area contributed by atoms with Crippen molar-refractivity contribution in [1.29, 1.82) is 0 Å². The Hall–Kier alpha value is -1.53. The quantitative estimate of drug-likeness (QED) is 0.768. The third kappa shape index (κ3) is 3.05. The molecule has 3 aliphatic rings. The lowest BCUT2D eigenvalue weighted by molar-refractivity contribution is -0.113. The van der Waals surface area contributed by atoms with Crippen LogP contribution in [-0.2, 0) is 4.79 Å². The van der Waals surface area contributed by atoms with Gasteiger partial charge in [0.15, 0.2) is 0 Å². The molecule has 128 valence electrons. The van der Waals surface area contributed by atoms with Crippen LogP contribution in [0.1, 0.15) is 42.5 Å². The van der Waals surface area contributed by atoms with E-state index >= 15 is 0 Å². The van der Waals surface area contributed by atoms with E-state index in [4.69, 9.17) is 5.73 Å². The summed E-state index contributed by atoms with van der Waals surface area (Å²) in [6, 6.07) is 6.09. The van der Waals surface area contributed by atoms with Crippen LogP contribution in [0.15, 0.2) is 23.1 Å². The summed E-state index contributed by atoms with van der Waals surface area (Å²) in [5, 5.41) is 6.11. The highest BCUT2D eigenvalue weighted by Crippen LogP contribution is 2.40. The fourth-order valence-corrected chi connectivity index (χ4v) is 5.27. The molecule has 5 nitrogen and oxygen atoms in total. The lowest BCUT2D eigenvalue weighted by Gasteiger charge is -2.45. The number of hydrogen-bond acceptors (Lipinski definition) is 4. The molecule has 1 aromatic rings. The number of anilines is 1. The average molecular weight is 345 g/mol. The van der Waals surface area contributed by atoms with Crippen molar-refractivity contribution in [2.45, 2.75) is 49.1 Å². The minimum atomic E-state index is -0.0417. The van der Waals surface area contributed by atoms with Crippen LogP contribution >= 0.6 is 11.8 Å². The van der Waals surface area contributed by atoms with Crippen molar-refractivity contribution in [2.75, 3.05) is 11.1 Å². The second kappa shape index (κ2) is 6.41. The van der Waals surface area contributed by atoms with Crippen LogP contribution < -0.4 is 16.4 Å². The molecule has 1 aliphatic heterocycles. The first-order valence-electron chi connectivity index (χ1n) is 8.73. The van der Waals surface area contributed by atoms with E-state index in [2.05, 4.69) is 10.6 Å². The Morgan fingerprint density at radius 1 is 1.25 bits per heavy atom. The van der Waals surface area contributed by atoms with Gasteiger partial charge in [-0.05, 0) is 55.7 Å². The van der Waals surface area contributed by atoms with Gasteiger partial charge < -0.3 is 16.4 Å². The van der Waals surface area contributed by atoms with Gasteiger partial charge in [-0.2, -0.15) is 0 Å². The fraction of sp³-hybridized carbons (Fsp3) is 0.556. The van der Waals surface area contributed by atoms with Gasteiger partial charge in [-0.25, -0.2) is 0 Å². The van der Waals surface area contributed by atoms with Gasteiger partial charge >= 0.3 is 0 Å². The summed E-state index contributed by atoms with van der Waals surface area (Å²) in [6.45, 7) is 0. The van der Waals surface area contributed by atoms with E-state index in [0.29, 0.717) is 23.2 Å². The number of nitrogens with two attached hydrogens (primary N) is 1. The molecule has 0 spiro atoms. The molecule has 2 aliphatic carbocycles. The van der Waals surface area contributed by atoms with Gasteiger partial charge in [0.1, 0.15) is 0 Å². The van der Waals surface area contributed by atoms with Gasteiger partial charge in [0.25, 0.3) is 5.91 Å². The zero-order valence-electron chi connectivity index (χ0n) is 13.6. The molecule has 2 saturated carbocycles. The number of hydrogen-bond donors (Lipinski definition) is 3. The number of thioether (sulfide) groups is 1. The minimum Gasteiger partial charge on any atom is -0.349 e. The summed E-state index contributed by atoms with van der Waals surface area (Å²) in [4.78, 5) is 25.3. The number of nitrogens with one attached hydrogen (secondary N) is 2. The first-order valence-corrected chi connectivity index (χ1v) is 9.72. The molecule has 0 aromatic heterocycles. The Balaban J connectivity index is 1.50. The van der Waals surface area contributed by atoms with E-state index in [-0.39, 0.29) is 23.9 Å². The number of rotatable bonds is 2. The van der Waals surface area contributed by atoms with Crippen molar-refractivity contribution in [1.82, 2.24) is 5.32 Å². The zero-order valence-corrected chi connectivity index (χ0v) is 14.4. The topological polar surface area (TPSA) is 84.2 Å². The van der Waals surface area contributed by atoms with E-state index in [1.165, 1.54) is 18.2 Å². The van der Waals surface area contributed by atoms with Crippen molar-refractivity contribution in [3.8, 4) is 0 Å². The Kier molecular flexibility index (Phi) is 4.26. The van der Waals surface area contributed by atoms with E-state index in [9.17, 15) is 9.59 Å². The summed E-state index contributed by atoms with van der Waals surface area (Å²) in [7, 11) is 0. The van der Waals surface area contributed by atoms with Gasteiger partial charge in [0.2, 0.25) is 5.91 Å². The maximum absolute atomic E-state index is 12.7. The van der Waals surface area contributed by atoms with Crippen LogP contribution in [0.3, 0.4) is 0 Å². The first-order chi connectivity index (χ1) is 11.6. The molecule has 4 rings (SSSR count). The van der Waals surface area contributed by atoms with Crippen molar-refractivity contribution < 1.29 is 9.59 Å². The van der Waals surface area contributed by atoms with Gasteiger partial charge in [-0.1, -0.05) is 6.42 Å². The SMILES string of the molecule is NC1CC2CCCC(C1)C2NC(=O)c1ccc2c(c1)NC(=O)CS2. The van der Waals surface area contributed by atoms with E-state index < -0.39 is 0 Å². The molecule has 4 N–H and O–H groups in total. The minimum absolute atomic E-state index is 0.0131. The summed E-state index contributed by atoms with van der Waals surface area (Å²) in [6.07, 6.45) is 5.59. The first kappa shape index (κ1) is 16.0. The van der Waals surface area contributed by atoms with Crippen LogP contribution in [-0.4, -0.2) is 29.7 Å². The van der Waals surface area contributed by atoms with Gasteiger partial charge in [0, 0.05) is 22.5 Å². The smallest absolute Gasteiger partial charge is 0.251 e. The lowest BCUT2D eigenvalue weighted by atomic mass is 9.67. The van der Waals surface area contributed by atoms with Gasteiger partial charge in [-0.15, -0.1) is 11.8 Å². The van der Waals surface area contributed by atoms with Crippen LogP contribution in [0.4, 0.5) is 5.69 Å². The number of amides is 2. The predicted octanol–water partition coefficient (Wildman–Crippen LogP) is 2.37. The Morgan fingerprint density at radius 2 is 2.00 bits per heavy atom. The van der Waals surface area contributed by atoms with Crippen molar-refractivity contribution >= 4 is 29.3 Å². The van der Waals surface area contributed by atoms with Crippen molar-refractivity contribution in [2.24, 2.45) is 17.6 Å². The molecule has 2 unspecified atom stereocenters. The molecule has 2 amide bonds. The molecule has 24 heavy (non-hydrogen) atoms. The monoisotopic (exact) mass is 345 g/mol. The van der Waals surface area contributed by atoms with Gasteiger partial charge in [0.05, 0.1) is 11.4 Å². The van der Waals surface area contributed by atoms with Crippen LogP contribution in [0.2, 0.25) is 0 Å². The highest BCUT2D eigenvalue weighted by molar-refractivity contribution is 8.00. The Morgan fingerprint density at radius 3 is 2.75 bits per heavy atom. The highest BCUT2D eigenvalue weighted by Gasteiger charge is 2.40. The van der Waals surface area contributed by atoms with Gasteiger partial charge in [-0.3, -0.25) is 9.59 Å². The number of carbonyl (C=O) groups excluding carboxylic acids is 2. The van der Waals surface area contributed by atoms with Crippen LogP contribution in [0.25, 0.3) is 0 Å². The Labute approximate surface area is 146 Å². The highest BCUT2D eigenvalue weighted by atomic mass is 32.2. The second-order valence-electron chi connectivity index (χ2n) is 7.23. The maximum Gasteiger partial charge on any atom is 0.251 e. The third-order valence-electron chi connectivity index (χ3n) is 5.55. The van der Waals surface area contributed by atoms with E-state index in [1.807, 2.05) is 12.1 Å². The summed E-state index contributed by atoms with van der Waals surface area (Å²) >= 11 is 1.51. The summed E-state index contributed by atoms with van der Waals surface area (Å²) in [5.74, 6) is 1.39. The molecule has 6 heteroatoms. The van der Waals surface area contributed by atoms with E-state index in [0.717, 1.165) is 36.3 Å². The molecule has 1 heterocycles. The van der Waals surface area contributed by atoms with Crippen molar-refractivity contribution in [3.63, 3.8) is 0 Å². The van der Waals surface area contributed by atoms with Crippen molar-refractivity contribution in [3.05, 3.63) is 23.8 Å². The summed E-state index contributed by atoms with van der Waals surface area (Å²) in [5.41, 5.74) is 7.52. The largest absolute Gasteiger partial charge is 0.349 e. The summed E-state index contributed by atoms with van der Waals surface area (Å²) < 4.78 is 0. The fourth-order valence-electron chi connectivity index (χ4n) is 4.48. The molecule has 0 radical (unpaired) electrons. The molecule has 1 aromatic carbocycles.